The summed E-state index contributed by atoms with van der Waals surface area (Å²) in [5, 5.41) is -0.955. The molecule has 0 saturated heterocycles. The van der Waals surface area contributed by atoms with Crippen LogP contribution in [-0.2, 0) is 0 Å². The van der Waals surface area contributed by atoms with E-state index in [1.165, 1.54) is 0 Å². The van der Waals surface area contributed by atoms with Gasteiger partial charge in [-0.3, -0.25) is 0 Å². The van der Waals surface area contributed by atoms with E-state index in [0.717, 1.165) is 0 Å². The molecule has 1 heterocycles. The van der Waals surface area contributed by atoms with Gasteiger partial charge >= 0.3 is 0 Å². The highest BCUT2D eigenvalue weighted by Crippen LogP contribution is 2.53. The van der Waals surface area contributed by atoms with Crippen LogP contribution < -0.4 is 5.30 Å². The summed E-state index contributed by atoms with van der Waals surface area (Å²) in [6, 6.07) is 0. The van der Waals surface area contributed by atoms with Gasteiger partial charge in [-0.15, -0.1) is 0 Å². The highest BCUT2D eigenvalue weighted by Gasteiger charge is 2.36. The van der Waals surface area contributed by atoms with Crippen LogP contribution in [0.2, 0.25) is 0 Å². The van der Waals surface area contributed by atoms with Crippen LogP contribution in [0.3, 0.4) is 0 Å². The van der Waals surface area contributed by atoms with E-state index in [4.69, 9.17) is 0 Å². The monoisotopic (exact) mass is 281 g/mol. The Bertz CT molecular complexity index is 428. The topological polar surface area (TPSA) is 12.9 Å². The molecule has 1 aromatic rings. The van der Waals surface area contributed by atoms with E-state index >= 15 is 0 Å². The van der Waals surface area contributed by atoms with Crippen molar-refractivity contribution >= 4 is 13.2 Å². The van der Waals surface area contributed by atoms with E-state index in [-0.39, 0.29) is 5.66 Å². The van der Waals surface area contributed by atoms with E-state index in [2.05, 4.69) is 4.98 Å². The lowest BCUT2D eigenvalue weighted by molar-refractivity contribution is 0.414. The van der Waals surface area contributed by atoms with Gasteiger partial charge in [0.25, 0.3) is 11.9 Å². The fourth-order valence-corrected chi connectivity index (χ4v) is 5.40. The fraction of sp³-hybridized carbons (Fsp3) is 0.583. The fourth-order valence-electron chi connectivity index (χ4n) is 2.06. The average molecular weight is 281 g/mol. The SMILES string of the molecule is CC(C)P(c1c(F)c(F)nc(F)c1F)C(C)(C)C. The summed E-state index contributed by atoms with van der Waals surface area (Å²) in [7, 11) is -1.40. The lowest BCUT2D eigenvalue weighted by Crippen LogP contribution is -2.30. The first-order valence-corrected chi connectivity index (χ1v) is 6.97. The van der Waals surface area contributed by atoms with Crippen molar-refractivity contribution < 1.29 is 17.6 Å². The van der Waals surface area contributed by atoms with Crippen molar-refractivity contribution in [3.63, 3.8) is 0 Å². The van der Waals surface area contributed by atoms with Crippen LogP contribution in [0.5, 0.6) is 0 Å². The largest absolute Gasteiger partial charge is 0.252 e. The Morgan fingerprint density at radius 2 is 1.33 bits per heavy atom. The smallest absolute Gasteiger partial charge is 0.201 e. The zero-order chi connectivity index (χ0) is 14.2. The third-order valence-corrected chi connectivity index (χ3v) is 5.81. The molecule has 0 aliphatic heterocycles. The highest BCUT2D eigenvalue weighted by molar-refractivity contribution is 7.67. The third-order valence-electron chi connectivity index (χ3n) is 2.45. The Balaban J connectivity index is 3.56. The molecule has 0 N–H and O–H groups in total. The maximum Gasteiger partial charge on any atom is 0.252 e. The van der Waals surface area contributed by atoms with E-state index in [1.807, 2.05) is 0 Å². The van der Waals surface area contributed by atoms with Crippen molar-refractivity contribution in [2.75, 3.05) is 0 Å². The molecule has 18 heavy (non-hydrogen) atoms. The predicted octanol–water partition coefficient (Wildman–Crippen LogP) is 3.95. The normalized spacial score (nSPS) is 14.1. The number of hydrogen-bond acceptors (Lipinski definition) is 1. The van der Waals surface area contributed by atoms with Gasteiger partial charge in [0.1, 0.15) is 0 Å². The lowest BCUT2D eigenvalue weighted by atomic mass is 10.3. The van der Waals surface area contributed by atoms with Crippen LogP contribution in [0.1, 0.15) is 34.6 Å². The molecule has 1 unspecified atom stereocenters. The van der Waals surface area contributed by atoms with Crippen molar-refractivity contribution in [1.29, 1.82) is 0 Å². The van der Waals surface area contributed by atoms with Crippen LogP contribution in [0, 0.1) is 23.5 Å². The zero-order valence-electron chi connectivity index (χ0n) is 11.0. The van der Waals surface area contributed by atoms with Gasteiger partial charge in [-0.1, -0.05) is 42.5 Å². The minimum atomic E-state index is -1.58. The highest BCUT2D eigenvalue weighted by atomic mass is 31.1. The summed E-state index contributed by atoms with van der Waals surface area (Å²) in [4.78, 5) is 2.58. The number of pyridine rings is 1. The van der Waals surface area contributed by atoms with Crippen LogP contribution in [0.15, 0.2) is 0 Å². The van der Waals surface area contributed by atoms with E-state index in [1.54, 1.807) is 34.6 Å². The molecule has 1 nitrogen and oxygen atoms in total. The molecule has 0 spiro atoms. The zero-order valence-corrected chi connectivity index (χ0v) is 11.9. The number of aromatic nitrogens is 1. The minimum absolute atomic E-state index is 0.106. The van der Waals surface area contributed by atoms with E-state index in [0.29, 0.717) is 0 Å². The van der Waals surface area contributed by atoms with Gasteiger partial charge in [-0.05, 0) is 10.8 Å². The molecule has 0 amide bonds. The maximum atomic E-state index is 13.8. The Morgan fingerprint density at radius 3 is 1.61 bits per heavy atom. The molecular formula is C12H16F4NP. The Kier molecular flexibility index (Phi) is 4.37. The predicted molar refractivity (Wildman–Crippen MR) is 65.5 cm³/mol. The van der Waals surface area contributed by atoms with Crippen molar-refractivity contribution in [1.82, 2.24) is 4.98 Å². The number of halogens is 4. The van der Waals surface area contributed by atoms with Crippen molar-refractivity contribution in [2.24, 2.45) is 0 Å². The molecule has 0 bridgehead atoms. The Labute approximate surface area is 105 Å². The molecule has 0 radical (unpaired) electrons. The van der Waals surface area contributed by atoms with Gasteiger partial charge in [0.05, 0.1) is 5.30 Å². The van der Waals surface area contributed by atoms with Crippen molar-refractivity contribution in [3.8, 4) is 0 Å². The van der Waals surface area contributed by atoms with Crippen molar-refractivity contribution in [3.05, 3.63) is 23.5 Å². The van der Waals surface area contributed by atoms with Gasteiger partial charge in [0.15, 0.2) is 11.6 Å². The first-order chi connectivity index (χ1) is 8.07. The van der Waals surface area contributed by atoms with Gasteiger partial charge in [-0.25, -0.2) is 8.78 Å². The summed E-state index contributed by atoms with van der Waals surface area (Å²) >= 11 is 0. The van der Waals surface area contributed by atoms with Crippen LogP contribution >= 0.6 is 7.92 Å². The summed E-state index contributed by atoms with van der Waals surface area (Å²) < 4.78 is 53.8. The minimum Gasteiger partial charge on any atom is -0.201 e. The third kappa shape index (κ3) is 2.82. The van der Waals surface area contributed by atoms with E-state index < -0.39 is 41.9 Å². The Hall–Kier alpha value is -0.700. The van der Waals surface area contributed by atoms with E-state index in [9.17, 15) is 17.6 Å². The molecule has 0 aliphatic carbocycles. The molecule has 1 atom stereocenters. The summed E-state index contributed by atoms with van der Waals surface area (Å²) in [5.41, 5.74) is -0.106. The van der Waals surface area contributed by atoms with Gasteiger partial charge in [0.2, 0.25) is 0 Å². The molecule has 102 valence electrons. The second kappa shape index (κ2) is 5.12. The van der Waals surface area contributed by atoms with Crippen molar-refractivity contribution in [2.45, 2.75) is 45.4 Å². The first-order valence-electron chi connectivity index (χ1n) is 5.56. The van der Waals surface area contributed by atoms with Gasteiger partial charge in [-0.2, -0.15) is 13.8 Å². The summed E-state index contributed by atoms with van der Waals surface area (Å²) in [6.45, 7) is 8.97. The average Bonchev–Trinajstić information content (AvgIpc) is 2.19. The first kappa shape index (κ1) is 15.4. The summed E-state index contributed by atoms with van der Waals surface area (Å²) in [6.07, 6.45) is 0. The van der Waals surface area contributed by atoms with Crippen LogP contribution in [-0.4, -0.2) is 15.8 Å². The van der Waals surface area contributed by atoms with Crippen LogP contribution in [0.4, 0.5) is 17.6 Å². The quantitative estimate of drug-likeness (QED) is 0.454. The molecule has 6 heteroatoms. The summed E-state index contributed by atoms with van der Waals surface area (Å²) in [5.74, 6) is -5.91. The molecular weight excluding hydrogens is 265 g/mol. The van der Waals surface area contributed by atoms with Gasteiger partial charge < -0.3 is 0 Å². The standard InChI is InChI=1S/C12H16F4NP/c1-6(2)18(12(3,4)5)9-7(13)10(15)17-11(16)8(9)14/h6H,1-5H3. The Morgan fingerprint density at radius 1 is 0.944 bits per heavy atom. The maximum absolute atomic E-state index is 13.8. The van der Waals surface area contributed by atoms with Crippen LogP contribution in [0.25, 0.3) is 0 Å². The number of rotatable bonds is 2. The molecule has 1 rings (SSSR count). The molecule has 0 aliphatic rings. The second-order valence-corrected chi connectivity index (χ2v) is 8.87. The second-order valence-electron chi connectivity index (χ2n) is 5.30. The molecule has 0 aromatic carbocycles. The molecule has 1 aromatic heterocycles. The number of hydrogen-bond donors (Lipinski definition) is 0. The lowest BCUT2D eigenvalue weighted by Gasteiger charge is -2.35. The molecule has 0 fully saturated rings. The number of nitrogens with zero attached hydrogens (tertiary/aromatic N) is 1. The van der Waals surface area contributed by atoms with Gasteiger partial charge in [0, 0.05) is 0 Å². The molecule has 0 saturated carbocycles.